The molecule has 4 nitrogen and oxygen atoms in total. The normalized spacial score (nSPS) is 10.4. The molecule has 1 aromatic carbocycles. The summed E-state index contributed by atoms with van der Waals surface area (Å²) in [5.41, 5.74) is 1.51. The van der Waals surface area contributed by atoms with Gasteiger partial charge in [-0.15, -0.1) is 0 Å². The van der Waals surface area contributed by atoms with Crippen LogP contribution in [0.4, 0.5) is 15.2 Å². The average molecular weight is 295 g/mol. The van der Waals surface area contributed by atoms with E-state index in [9.17, 15) is 4.39 Å². The van der Waals surface area contributed by atoms with E-state index in [0.717, 1.165) is 15.7 Å². The Labute approximate surface area is 122 Å². The number of hydrogen-bond donors (Lipinski definition) is 1. The fourth-order valence-electron chi connectivity index (χ4n) is 1.73. The molecule has 0 spiro atoms. The Kier molecular flexibility index (Phi) is 4.44. The van der Waals surface area contributed by atoms with E-state index in [4.69, 9.17) is 4.74 Å². The van der Waals surface area contributed by atoms with E-state index in [-0.39, 0.29) is 5.82 Å². The molecule has 20 heavy (non-hydrogen) atoms. The number of ether oxygens (including phenoxy) is 1. The number of aryl methyl sites for hydroxylation is 1. The van der Waals surface area contributed by atoms with Crippen molar-refractivity contribution in [2.75, 3.05) is 31.4 Å². The molecule has 1 N–H and O–H groups in total. The Bertz CT molecular complexity index is 598. The fourth-order valence-corrected chi connectivity index (χ4v) is 2.62. The third-order valence-electron chi connectivity index (χ3n) is 2.84. The molecule has 1 aromatic heterocycles. The van der Waals surface area contributed by atoms with Crippen LogP contribution < -0.4 is 15.0 Å². The number of hydrogen-bond acceptors (Lipinski definition) is 5. The minimum atomic E-state index is -0.194. The molecule has 0 aliphatic carbocycles. The quantitative estimate of drug-likeness (QED) is 0.918. The minimum Gasteiger partial charge on any atom is -0.480 e. The topological polar surface area (TPSA) is 37.4 Å². The summed E-state index contributed by atoms with van der Waals surface area (Å²) >= 11 is 1.57. The van der Waals surface area contributed by atoms with E-state index in [2.05, 4.69) is 10.3 Å². The second-order valence-corrected chi connectivity index (χ2v) is 5.70. The van der Waals surface area contributed by atoms with Crippen molar-refractivity contribution in [2.45, 2.75) is 13.5 Å². The highest BCUT2D eigenvalue weighted by Gasteiger charge is 2.12. The maximum atomic E-state index is 13.2. The van der Waals surface area contributed by atoms with Crippen molar-refractivity contribution in [2.24, 2.45) is 0 Å². The second-order valence-electron chi connectivity index (χ2n) is 4.64. The zero-order valence-corrected chi connectivity index (χ0v) is 12.8. The number of nitrogens with one attached hydrogen (secondary N) is 1. The molecule has 0 aliphatic heterocycles. The van der Waals surface area contributed by atoms with E-state index in [1.54, 1.807) is 37.5 Å². The summed E-state index contributed by atoms with van der Waals surface area (Å²) in [4.78, 5) is 7.35. The molecular formula is C14H18FN3OS. The number of methoxy groups -OCH3 is 1. The lowest BCUT2D eigenvalue weighted by Crippen LogP contribution is -2.07. The first-order chi connectivity index (χ1) is 9.51. The van der Waals surface area contributed by atoms with E-state index < -0.39 is 0 Å². The standard InChI is InChI=1S/C14H18FN3OS/c1-9-7-10(5-6-11(9)15)16-8-12-13(19-4)17-14(20-12)18(2)3/h5-7,16H,8H2,1-4H3. The van der Waals surface area contributed by atoms with Crippen LogP contribution in [0.1, 0.15) is 10.4 Å². The number of benzene rings is 1. The van der Waals surface area contributed by atoms with Gasteiger partial charge in [0.25, 0.3) is 0 Å². The van der Waals surface area contributed by atoms with Gasteiger partial charge in [0.2, 0.25) is 5.88 Å². The summed E-state index contributed by atoms with van der Waals surface area (Å²) in [6.07, 6.45) is 0. The largest absolute Gasteiger partial charge is 0.480 e. The van der Waals surface area contributed by atoms with Gasteiger partial charge in [0.05, 0.1) is 18.5 Å². The number of anilines is 2. The highest BCUT2D eigenvalue weighted by molar-refractivity contribution is 7.15. The molecule has 2 aromatic rings. The monoisotopic (exact) mass is 295 g/mol. The summed E-state index contributed by atoms with van der Waals surface area (Å²) in [5, 5.41) is 4.16. The lowest BCUT2D eigenvalue weighted by atomic mass is 10.2. The van der Waals surface area contributed by atoms with Crippen LogP contribution in [0.3, 0.4) is 0 Å². The van der Waals surface area contributed by atoms with Crippen molar-refractivity contribution in [3.05, 3.63) is 34.5 Å². The van der Waals surface area contributed by atoms with E-state index in [0.29, 0.717) is 18.0 Å². The molecule has 0 saturated heterocycles. The van der Waals surface area contributed by atoms with Gasteiger partial charge in [-0.05, 0) is 30.7 Å². The highest BCUT2D eigenvalue weighted by atomic mass is 32.1. The number of halogens is 1. The van der Waals surface area contributed by atoms with Crippen LogP contribution in [-0.2, 0) is 6.54 Å². The van der Waals surface area contributed by atoms with Gasteiger partial charge in [-0.2, -0.15) is 4.98 Å². The summed E-state index contributed by atoms with van der Waals surface area (Å²) in [6.45, 7) is 2.34. The minimum absolute atomic E-state index is 0.194. The Balaban J connectivity index is 2.11. The number of aromatic nitrogens is 1. The van der Waals surface area contributed by atoms with Gasteiger partial charge in [0.1, 0.15) is 5.82 Å². The molecular weight excluding hydrogens is 277 g/mol. The lowest BCUT2D eigenvalue weighted by Gasteiger charge is -2.07. The van der Waals surface area contributed by atoms with Crippen LogP contribution in [0.2, 0.25) is 0 Å². The van der Waals surface area contributed by atoms with E-state index in [1.807, 2.05) is 19.0 Å². The summed E-state index contributed by atoms with van der Waals surface area (Å²) in [6, 6.07) is 4.98. The SMILES string of the molecule is COc1nc(N(C)C)sc1CNc1ccc(F)c(C)c1. The molecule has 0 unspecified atom stereocenters. The van der Waals surface area contributed by atoms with Gasteiger partial charge < -0.3 is 15.0 Å². The molecule has 2 rings (SSSR count). The van der Waals surface area contributed by atoms with Gasteiger partial charge in [-0.3, -0.25) is 0 Å². The maximum absolute atomic E-state index is 13.2. The highest BCUT2D eigenvalue weighted by Crippen LogP contribution is 2.31. The van der Waals surface area contributed by atoms with Crippen molar-refractivity contribution in [1.29, 1.82) is 0 Å². The number of rotatable bonds is 5. The van der Waals surface area contributed by atoms with Gasteiger partial charge in [-0.25, -0.2) is 4.39 Å². The van der Waals surface area contributed by atoms with Crippen molar-refractivity contribution < 1.29 is 9.13 Å². The van der Waals surface area contributed by atoms with Crippen molar-refractivity contribution >= 4 is 22.2 Å². The first-order valence-electron chi connectivity index (χ1n) is 6.22. The number of thiazole rings is 1. The van der Waals surface area contributed by atoms with Gasteiger partial charge >= 0.3 is 0 Å². The predicted molar refractivity (Wildman–Crippen MR) is 81.5 cm³/mol. The predicted octanol–water partition coefficient (Wildman–Crippen LogP) is 3.28. The van der Waals surface area contributed by atoms with E-state index >= 15 is 0 Å². The zero-order chi connectivity index (χ0) is 14.7. The van der Waals surface area contributed by atoms with Crippen LogP contribution in [0, 0.1) is 12.7 Å². The van der Waals surface area contributed by atoms with Crippen LogP contribution in [0.25, 0.3) is 0 Å². The molecule has 0 aliphatic rings. The Hall–Kier alpha value is -1.82. The molecule has 0 amide bonds. The molecule has 6 heteroatoms. The third-order valence-corrected chi connectivity index (χ3v) is 4.04. The van der Waals surface area contributed by atoms with Crippen molar-refractivity contribution in [3.63, 3.8) is 0 Å². The van der Waals surface area contributed by atoms with Gasteiger partial charge in [0, 0.05) is 19.8 Å². The summed E-state index contributed by atoms with van der Waals surface area (Å²) < 4.78 is 18.5. The average Bonchev–Trinajstić information content (AvgIpc) is 2.83. The third kappa shape index (κ3) is 3.19. The van der Waals surface area contributed by atoms with E-state index in [1.165, 1.54) is 6.07 Å². The van der Waals surface area contributed by atoms with Gasteiger partial charge in [0.15, 0.2) is 5.13 Å². The summed E-state index contributed by atoms with van der Waals surface area (Å²) in [7, 11) is 5.50. The number of nitrogens with zero attached hydrogens (tertiary/aromatic N) is 2. The maximum Gasteiger partial charge on any atom is 0.231 e. The Morgan fingerprint density at radius 3 is 2.75 bits per heavy atom. The Morgan fingerprint density at radius 2 is 2.15 bits per heavy atom. The van der Waals surface area contributed by atoms with Crippen LogP contribution in [0.5, 0.6) is 5.88 Å². The molecule has 108 valence electrons. The lowest BCUT2D eigenvalue weighted by molar-refractivity contribution is 0.397. The molecule has 1 heterocycles. The Morgan fingerprint density at radius 1 is 1.40 bits per heavy atom. The van der Waals surface area contributed by atoms with Gasteiger partial charge in [-0.1, -0.05) is 11.3 Å². The van der Waals surface area contributed by atoms with Crippen molar-refractivity contribution in [1.82, 2.24) is 4.98 Å². The van der Waals surface area contributed by atoms with Crippen molar-refractivity contribution in [3.8, 4) is 5.88 Å². The molecule has 0 saturated carbocycles. The van der Waals surface area contributed by atoms with Crippen LogP contribution >= 0.6 is 11.3 Å². The molecule has 0 atom stereocenters. The van der Waals surface area contributed by atoms with Crippen LogP contribution in [-0.4, -0.2) is 26.2 Å². The smallest absolute Gasteiger partial charge is 0.231 e. The first kappa shape index (κ1) is 14.6. The molecule has 0 fully saturated rings. The molecule has 0 bridgehead atoms. The fraction of sp³-hybridized carbons (Fsp3) is 0.357. The van der Waals surface area contributed by atoms with Crippen LogP contribution in [0.15, 0.2) is 18.2 Å². The zero-order valence-electron chi connectivity index (χ0n) is 12.0. The molecule has 0 radical (unpaired) electrons. The first-order valence-corrected chi connectivity index (χ1v) is 7.04. The second kappa shape index (κ2) is 6.09. The summed E-state index contributed by atoms with van der Waals surface area (Å²) in [5.74, 6) is 0.436.